The molecular weight excluding hydrogens is 420 g/mol. The van der Waals surface area contributed by atoms with Gasteiger partial charge in [-0.1, -0.05) is 35.4 Å². The van der Waals surface area contributed by atoms with E-state index in [4.69, 9.17) is 8.92 Å². The van der Waals surface area contributed by atoms with Crippen molar-refractivity contribution in [1.29, 1.82) is 0 Å². The number of rotatable bonds is 6. The maximum absolute atomic E-state index is 12.9. The van der Waals surface area contributed by atoms with Gasteiger partial charge in [-0.15, -0.1) is 0 Å². The van der Waals surface area contributed by atoms with Crippen LogP contribution in [-0.2, 0) is 14.9 Å². The third kappa shape index (κ3) is 4.83. The lowest BCUT2D eigenvalue weighted by molar-refractivity contribution is 0.0515. The number of ether oxygens (including phenoxy) is 1. The zero-order valence-electron chi connectivity index (χ0n) is 17.6. The van der Waals surface area contributed by atoms with E-state index in [1.54, 1.807) is 50.2 Å². The van der Waals surface area contributed by atoms with Crippen LogP contribution < -0.4 is 9.74 Å². The number of hydrogen-bond donors (Lipinski definition) is 0. The molecule has 0 spiro atoms. The Hall–Kier alpha value is -3.46. The zero-order chi connectivity index (χ0) is 22.8. The van der Waals surface area contributed by atoms with Crippen molar-refractivity contribution in [3.05, 3.63) is 81.3 Å². The van der Waals surface area contributed by atoms with Gasteiger partial charge in [-0.05, 0) is 51.5 Å². The van der Waals surface area contributed by atoms with E-state index in [1.807, 2.05) is 13.8 Å². The first kappa shape index (κ1) is 22.2. The van der Waals surface area contributed by atoms with Crippen LogP contribution in [0.1, 0.15) is 34.1 Å². The van der Waals surface area contributed by atoms with E-state index in [9.17, 15) is 18.0 Å². The van der Waals surface area contributed by atoms with Gasteiger partial charge in [0.25, 0.3) is 5.56 Å². The van der Waals surface area contributed by atoms with Crippen LogP contribution in [0.5, 0.6) is 5.75 Å². The monoisotopic (exact) mass is 442 g/mol. The predicted molar refractivity (Wildman–Crippen MR) is 114 cm³/mol. The summed E-state index contributed by atoms with van der Waals surface area (Å²) in [6, 6.07) is 12.5. The smallest absolute Gasteiger partial charge is 0.362 e. The number of carbonyl (C=O) groups excluding carboxylic acids is 1. The summed E-state index contributed by atoms with van der Waals surface area (Å²) in [6.45, 7) is 6.98. The van der Waals surface area contributed by atoms with E-state index in [0.29, 0.717) is 11.3 Å². The summed E-state index contributed by atoms with van der Waals surface area (Å²) >= 11 is 0. The molecule has 3 aromatic rings. The highest BCUT2D eigenvalue weighted by Gasteiger charge is 2.26. The lowest BCUT2D eigenvalue weighted by atomic mass is 10.2. The molecule has 0 atom stereocenters. The van der Waals surface area contributed by atoms with Gasteiger partial charge in [-0.2, -0.15) is 18.2 Å². The van der Waals surface area contributed by atoms with Gasteiger partial charge >= 0.3 is 16.1 Å². The fourth-order valence-electron chi connectivity index (χ4n) is 2.96. The van der Waals surface area contributed by atoms with Crippen LogP contribution in [0.4, 0.5) is 0 Å². The molecule has 162 valence electrons. The van der Waals surface area contributed by atoms with Gasteiger partial charge in [0.15, 0.2) is 5.75 Å². The number of benzene rings is 2. The molecular formula is C22H22N2O6S. The van der Waals surface area contributed by atoms with Crippen molar-refractivity contribution in [2.24, 2.45) is 0 Å². The Balaban J connectivity index is 2.12. The number of esters is 1. The van der Waals surface area contributed by atoms with Gasteiger partial charge in [-0.3, -0.25) is 4.79 Å². The van der Waals surface area contributed by atoms with Crippen molar-refractivity contribution in [2.45, 2.75) is 32.6 Å². The van der Waals surface area contributed by atoms with E-state index in [-0.39, 0.29) is 11.5 Å². The Kier molecular flexibility index (Phi) is 6.26. The first-order valence-electron chi connectivity index (χ1n) is 9.52. The number of hydrogen-bond acceptors (Lipinski definition) is 7. The minimum Gasteiger partial charge on any atom is -0.461 e. The van der Waals surface area contributed by atoms with E-state index >= 15 is 0 Å². The fraction of sp³-hybridized carbons (Fsp3) is 0.227. The Morgan fingerprint density at radius 1 is 1.00 bits per heavy atom. The SMILES string of the molecule is CCOC(=O)c1nn(-c2ccc(C)cc2)c(=O)cc1OS(=O)(=O)c1ccc(C)cc1C. The van der Waals surface area contributed by atoms with Crippen molar-refractivity contribution in [3.8, 4) is 11.4 Å². The average Bonchev–Trinajstić information content (AvgIpc) is 2.68. The molecule has 0 aliphatic heterocycles. The van der Waals surface area contributed by atoms with Gasteiger partial charge < -0.3 is 8.92 Å². The van der Waals surface area contributed by atoms with Gasteiger partial charge in [0.1, 0.15) is 4.90 Å². The second kappa shape index (κ2) is 8.73. The molecule has 31 heavy (non-hydrogen) atoms. The molecule has 9 heteroatoms. The highest BCUT2D eigenvalue weighted by molar-refractivity contribution is 7.87. The summed E-state index contributed by atoms with van der Waals surface area (Å²) in [7, 11) is -4.33. The van der Waals surface area contributed by atoms with E-state index < -0.39 is 33.1 Å². The van der Waals surface area contributed by atoms with Crippen LogP contribution in [0.3, 0.4) is 0 Å². The number of aryl methyl sites for hydroxylation is 3. The van der Waals surface area contributed by atoms with E-state index in [1.165, 1.54) is 6.07 Å². The predicted octanol–water partition coefficient (Wildman–Crippen LogP) is 3.10. The maximum Gasteiger partial charge on any atom is 0.362 e. The molecule has 0 unspecified atom stereocenters. The second-order valence-electron chi connectivity index (χ2n) is 6.97. The molecule has 8 nitrogen and oxygen atoms in total. The van der Waals surface area contributed by atoms with Crippen LogP contribution in [0.25, 0.3) is 5.69 Å². The molecule has 3 rings (SSSR count). The maximum atomic E-state index is 12.9. The average molecular weight is 442 g/mol. The molecule has 0 amide bonds. The quantitative estimate of drug-likeness (QED) is 0.427. The van der Waals surface area contributed by atoms with Crippen molar-refractivity contribution < 1.29 is 22.1 Å². The lowest BCUT2D eigenvalue weighted by Crippen LogP contribution is -2.26. The second-order valence-corrected chi connectivity index (χ2v) is 8.48. The highest BCUT2D eigenvalue weighted by atomic mass is 32.2. The van der Waals surface area contributed by atoms with Crippen molar-refractivity contribution in [1.82, 2.24) is 9.78 Å². The largest absolute Gasteiger partial charge is 0.461 e. The normalized spacial score (nSPS) is 11.2. The first-order valence-corrected chi connectivity index (χ1v) is 10.9. The number of nitrogens with zero attached hydrogens (tertiary/aromatic N) is 2. The van der Waals surface area contributed by atoms with Crippen LogP contribution in [0, 0.1) is 20.8 Å². The van der Waals surface area contributed by atoms with Gasteiger partial charge in [0.2, 0.25) is 5.69 Å². The number of aromatic nitrogens is 2. The molecule has 1 heterocycles. The number of carbonyl (C=O) groups is 1. The summed E-state index contributed by atoms with van der Waals surface area (Å²) in [6.07, 6.45) is 0. The Morgan fingerprint density at radius 3 is 2.26 bits per heavy atom. The topological polar surface area (TPSA) is 105 Å². The zero-order valence-corrected chi connectivity index (χ0v) is 18.4. The summed E-state index contributed by atoms with van der Waals surface area (Å²) < 4.78 is 36.9. The molecule has 0 aliphatic carbocycles. The van der Waals surface area contributed by atoms with Crippen molar-refractivity contribution in [3.63, 3.8) is 0 Å². The first-order chi connectivity index (χ1) is 14.6. The molecule has 0 N–H and O–H groups in total. The molecule has 0 radical (unpaired) electrons. The van der Waals surface area contributed by atoms with Crippen molar-refractivity contribution in [2.75, 3.05) is 6.61 Å². The van der Waals surface area contributed by atoms with Crippen LogP contribution in [0.2, 0.25) is 0 Å². The standard InChI is InChI=1S/C22H22N2O6S/c1-5-29-22(26)21-18(30-31(27,28)19-11-8-15(3)12-16(19)4)13-20(25)24(23-21)17-9-6-14(2)7-10-17/h6-13H,5H2,1-4H3. The molecule has 2 aromatic carbocycles. The summed E-state index contributed by atoms with van der Waals surface area (Å²) in [4.78, 5) is 25.1. The fourth-order valence-corrected chi connectivity index (χ4v) is 4.10. The molecule has 1 aromatic heterocycles. The molecule has 0 saturated heterocycles. The van der Waals surface area contributed by atoms with Crippen LogP contribution >= 0.6 is 0 Å². The van der Waals surface area contributed by atoms with E-state index in [2.05, 4.69) is 5.10 Å². The lowest BCUT2D eigenvalue weighted by Gasteiger charge is -2.13. The highest BCUT2D eigenvalue weighted by Crippen LogP contribution is 2.24. The van der Waals surface area contributed by atoms with E-state index in [0.717, 1.165) is 21.9 Å². The minimum absolute atomic E-state index is 0.0352. The third-order valence-corrected chi connectivity index (χ3v) is 5.84. The summed E-state index contributed by atoms with van der Waals surface area (Å²) in [5.74, 6) is -1.40. The van der Waals surface area contributed by atoms with Gasteiger partial charge in [-0.25, -0.2) is 4.79 Å². The Morgan fingerprint density at radius 2 is 1.65 bits per heavy atom. The van der Waals surface area contributed by atoms with Gasteiger partial charge in [0, 0.05) is 0 Å². The molecule has 0 bridgehead atoms. The third-order valence-electron chi connectivity index (χ3n) is 4.44. The minimum atomic E-state index is -4.33. The molecule has 0 aliphatic rings. The van der Waals surface area contributed by atoms with Gasteiger partial charge in [0.05, 0.1) is 18.4 Å². The van der Waals surface area contributed by atoms with Crippen molar-refractivity contribution >= 4 is 16.1 Å². The molecule has 0 saturated carbocycles. The summed E-state index contributed by atoms with van der Waals surface area (Å²) in [5.41, 5.74) is 1.65. The van der Waals surface area contributed by atoms with Crippen LogP contribution in [0.15, 0.2) is 58.2 Å². The Labute approximate surface area is 180 Å². The molecule has 0 fully saturated rings. The summed E-state index contributed by atoms with van der Waals surface area (Å²) in [5, 5.41) is 4.05. The Bertz CT molecular complexity index is 1290. The van der Waals surface area contributed by atoms with Crippen LogP contribution in [-0.4, -0.2) is 30.8 Å².